The zero-order valence-corrected chi connectivity index (χ0v) is 15.3. The molecule has 136 valence electrons. The fourth-order valence-corrected chi connectivity index (χ4v) is 2.83. The molecule has 0 bridgehead atoms. The van der Waals surface area contributed by atoms with E-state index in [4.69, 9.17) is 4.74 Å². The lowest BCUT2D eigenvalue weighted by Gasteiger charge is -2.07. The number of Topliss-reactive ketones (excluding diaryl/α,β-unsaturated/α-hetero) is 1. The van der Waals surface area contributed by atoms with Gasteiger partial charge in [0.15, 0.2) is 12.4 Å². The SMILES string of the molecule is CC(C)c1ccc(C(=O)COC(=O)CSc2ccc([N+](=O)[O-])cc2)cc1. The molecule has 0 fully saturated rings. The van der Waals surface area contributed by atoms with E-state index in [1.54, 1.807) is 24.3 Å². The first kappa shape index (κ1) is 19.7. The summed E-state index contributed by atoms with van der Waals surface area (Å²) in [5.74, 6) is -0.361. The summed E-state index contributed by atoms with van der Waals surface area (Å²) in [5.41, 5.74) is 1.63. The van der Waals surface area contributed by atoms with E-state index in [0.717, 1.165) is 5.56 Å². The van der Waals surface area contributed by atoms with Gasteiger partial charge in [0.1, 0.15) is 0 Å². The zero-order valence-electron chi connectivity index (χ0n) is 14.5. The molecule has 0 aromatic heterocycles. The van der Waals surface area contributed by atoms with Gasteiger partial charge in [0.25, 0.3) is 5.69 Å². The molecular formula is C19H19NO5S. The average Bonchev–Trinajstić information content (AvgIpc) is 2.64. The molecule has 0 N–H and O–H groups in total. The van der Waals surface area contributed by atoms with Crippen LogP contribution in [0.15, 0.2) is 53.4 Å². The number of non-ortho nitro benzene ring substituents is 1. The number of carbonyl (C=O) groups is 2. The molecule has 0 spiro atoms. The van der Waals surface area contributed by atoms with Crippen LogP contribution < -0.4 is 0 Å². The molecule has 0 saturated heterocycles. The number of nitro benzene ring substituents is 1. The van der Waals surface area contributed by atoms with Crippen molar-refractivity contribution in [3.05, 3.63) is 69.8 Å². The average molecular weight is 373 g/mol. The molecule has 0 radical (unpaired) electrons. The quantitative estimate of drug-likeness (QED) is 0.226. The van der Waals surface area contributed by atoms with Crippen LogP contribution in [0.1, 0.15) is 35.7 Å². The van der Waals surface area contributed by atoms with Gasteiger partial charge in [-0.2, -0.15) is 0 Å². The normalized spacial score (nSPS) is 10.6. The Kier molecular flexibility index (Phi) is 6.91. The maximum Gasteiger partial charge on any atom is 0.316 e. The van der Waals surface area contributed by atoms with Crippen molar-refractivity contribution in [3.8, 4) is 0 Å². The number of hydrogen-bond donors (Lipinski definition) is 0. The first-order valence-electron chi connectivity index (χ1n) is 8.03. The van der Waals surface area contributed by atoms with E-state index in [0.29, 0.717) is 16.4 Å². The first-order chi connectivity index (χ1) is 12.4. The van der Waals surface area contributed by atoms with E-state index in [-0.39, 0.29) is 23.8 Å². The minimum absolute atomic E-state index is 0.00833. The lowest BCUT2D eigenvalue weighted by molar-refractivity contribution is -0.384. The molecule has 0 atom stereocenters. The highest BCUT2D eigenvalue weighted by atomic mass is 32.2. The predicted octanol–water partition coefficient (Wildman–Crippen LogP) is 4.24. The van der Waals surface area contributed by atoms with Crippen molar-refractivity contribution in [2.75, 3.05) is 12.4 Å². The van der Waals surface area contributed by atoms with Crippen molar-refractivity contribution in [1.29, 1.82) is 0 Å². The van der Waals surface area contributed by atoms with Crippen molar-refractivity contribution in [2.24, 2.45) is 0 Å². The summed E-state index contributed by atoms with van der Waals surface area (Å²) in [5, 5.41) is 10.6. The smallest absolute Gasteiger partial charge is 0.316 e. The van der Waals surface area contributed by atoms with Gasteiger partial charge in [0.2, 0.25) is 0 Å². The molecule has 2 aromatic rings. The number of carbonyl (C=O) groups excluding carboxylic acids is 2. The summed E-state index contributed by atoms with van der Waals surface area (Å²) in [4.78, 5) is 34.6. The third-order valence-electron chi connectivity index (χ3n) is 3.67. The number of nitro groups is 1. The number of esters is 1. The summed E-state index contributed by atoms with van der Waals surface area (Å²) < 4.78 is 5.00. The van der Waals surface area contributed by atoms with E-state index < -0.39 is 10.9 Å². The number of rotatable bonds is 8. The number of benzene rings is 2. The highest BCUT2D eigenvalue weighted by Crippen LogP contribution is 2.21. The number of nitrogens with zero attached hydrogens (tertiary/aromatic N) is 1. The Morgan fingerprint density at radius 1 is 1.08 bits per heavy atom. The van der Waals surface area contributed by atoms with Crippen LogP contribution in [-0.4, -0.2) is 29.0 Å². The number of hydrogen-bond acceptors (Lipinski definition) is 6. The topological polar surface area (TPSA) is 86.5 Å². The van der Waals surface area contributed by atoms with E-state index in [2.05, 4.69) is 13.8 Å². The van der Waals surface area contributed by atoms with Crippen LogP contribution in [0.2, 0.25) is 0 Å². The monoisotopic (exact) mass is 373 g/mol. The van der Waals surface area contributed by atoms with E-state index >= 15 is 0 Å². The Bertz CT molecular complexity index is 785. The molecule has 7 heteroatoms. The van der Waals surface area contributed by atoms with Gasteiger partial charge < -0.3 is 4.74 Å². The van der Waals surface area contributed by atoms with Crippen molar-refractivity contribution in [1.82, 2.24) is 0 Å². The van der Waals surface area contributed by atoms with Crippen LogP contribution in [0, 0.1) is 10.1 Å². The molecular weight excluding hydrogens is 354 g/mol. The number of thioether (sulfide) groups is 1. The Morgan fingerprint density at radius 2 is 1.69 bits per heavy atom. The number of ether oxygens (including phenoxy) is 1. The molecule has 0 unspecified atom stereocenters. The lowest BCUT2D eigenvalue weighted by Crippen LogP contribution is -2.15. The Morgan fingerprint density at radius 3 is 2.23 bits per heavy atom. The minimum Gasteiger partial charge on any atom is -0.457 e. The summed E-state index contributed by atoms with van der Waals surface area (Å²) in [6, 6.07) is 13.1. The van der Waals surface area contributed by atoms with Gasteiger partial charge in [-0.3, -0.25) is 19.7 Å². The predicted molar refractivity (Wildman–Crippen MR) is 99.6 cm³/mol. The molecule has 0 aliphatic carbocycles. The molecule has 2 rings (SSSR count). The van der Waals surface area contributed by atoms with E-state index in [1.807, 2.05) is 12.1 Å². The van der Waals surface area contributed by atoms with Crippen LogP contribution in [-0.2, 0) is 9.53 Å². The van der Waals surface area contributed by atoms with E-state index in [1.165, 1.54) is 23.9 Å². The van der Waals surface area contributed by atoms with Crippen molar-refractivity contribution < 1.29 is 19.2 Å². The van der Waals surface area contributed by atoms with Crippen LogP contribution in [0.25, 0.3) is 0 Å². The highest BCUT2D eigenvalue weighted by Gasteiger charge is 2.11. The van der Waals surface area contributed by atoms with Crippen molar-refractivity contribution in [2.45, 2.75) is 24.7 Å². The van der Waals surface area contributed by atoms with E-state index in [9.17, 15) is 19.7 Å². The summed E-state index contributed by atoms with van der Waals surface area (Å²) >= 11 is 1.19. The second kappa shape index (κ2) is 9.15. The summed E-state index contributed by atoms with van der Waals surface area (Å²) in [7, 11) is 0. The largest absolute Gasteiger partial charge is 0.457 e. The Hall–Kier alpha value is -2.67. The summed E-state index contributed by atoms with van der Waals surface area (Å²) in [6.45, 7) is 3.84. The van der Waals surface area contributed by atoms with Gasteiger partial charge in [-0.15, -0.1) is 11.8 Å². The highest BCUT2D eigenvalue weighted by molar-refractivity contribution is 8.00. The van der Waals surface area contributed by atoms with Gasteiger partial charge >= 0.3 is 5.97 Å². The van der Waals surface area contributed by atoms with Gasteiger partial charge in [-0.25, -0.2) is 0 Å². The standard InChI is InChI=1S/C19H19NO5S/c1-13(2)14-3-5-15(6-4-14)18(21)11-25-19(22)12-26-17-9-7-16(8-10-17)20(23)24/h3-10,13H,11-12H2,1-2H3. The van der Waals surface area contributed by atoms with Gasteiger partial charge in [0, 0.05) is 22.6 Å². The van der Waals surface area contributed by atoms with Gasteiger partial charge in [0.05, 0.1) is 10.7 Å². The van der Waals surface area contributed by atoms with Crippen molar-refractivity contribution >= 4 is 29.2 Å². The fourth-order valence-electron chi connectivity index (χ4n) is 2.13. The fraction of sp³-hybridized carbons (Fsp3) is 0.263. The molecule has 2 aromatic carbocycles. The molecule has 0 aliphatic heterocycles. The van der Waals surface area contributed by atoms with Crippen molar-refractivity contribution in [3.63, 3.8) is 0 Å². The molecule has 0 aliphatic rings. The molecule has 0 heterocycles. The maximum atomic E-state index is 12.1. The summed E-state index contributed by atoms with van der Waals surface area (Å²) in [6.07, 6.45) is 0. The molecule has 6 nitrogen and oxygen atoms in total. The van der Waals surface area contributed by atoms with Crippen LogP contribution in [0.3, 0.4) is 0 Å². The third-order valence-corrected chi connectivity index (χ3v) is 4.65. The zero-order chi connectivity index (χ0) is 19.1. The van der Waals surface area contributed by atoms with Gasteiger partial charge in [-0.1, -0.05) is 38.1 Å². The second-order valence-corrected chi connectivity index (χ2v) is 6.95. The van der Waals surface area contributed by atoms with Crippen LogP contribution >= 0.6 is 11.8 Å². The van der Waals surface area contributed by atoms with Crippen LogP contribution in [0.4, 0.5) is 5.69 Å². The maximum absolute atomic E-state index is 12.1. The molecule has 26 heavy (non-hydrogen) atoms. The van der Waals surface area contributed by atoms with Gasteiger partial charge in [-0.05, 0) is 23.6 Å². The molecule has 0 saturated carbocycles. The van der Waals surface area contributed by atoms with Crippen LogP contribution in [0.5, 0.6) is 0 Å². The first-order valence-corrected chi connectivity index (χ1v) is 9.01. The molecule has 0 amide bonds. The lowest BCUT2D eigenvalue weighted by atomic mass is 10.0. The number of ketones is 1. The minimum atomic E-state index is -0.513. The third kappa shape index (κ3) is 5.70. The Balaban J connectivity index is 1.78. The second-order valence-electron chi connectivity index (χ2n) is 5.90. The Labute approximate surface area is 155 Å².